The van der Waals surface area contributed by atoms with Crippen molar-refractivity contribution in [2.24, 2.45) is 4.99 Å². The third kappa shape index (κ3) is 3.94. The van der Waals surface area contributed by atoms with E-state index < -0.39 is 5.97 Å². The Morgan fingerprint density at radius 1 is 1.00 bits per heavy atom. The molecule has 0 N–H and O–H groups in total. The molecule has 0 amide bonds. The van der Waals surface area contributed by atoms with Crippen molar-refractivity contribution >= 4 is 17.9 Å². The number of ether oxygens (including phenoxy) is 3. The molecule has 5 nitrogen and oxygen atoms in total. The summed E-state index contributed by atoms with van der Waals surface area (Å²) in [6.45, 7) is 6.91. The van der Waals surface area contributed by atoms with E-state index in [2.05, 4.69) is 4.99 Å². The predicted molar refractivity (Wildman–Crippen MR) is 101 cm³/mol. The first-order chi connectivity index (χ1) is 12.6. The van der Waals surface area contributed by atoms with Crippen molar-refractivity contribution in [1.82, 2.24) is 0 Å². The molecule has 2 aromatic carbocycles. The molecule has 0 radical (unpaired) electrons. The zero-order valence-corrected chi connectivity index (χ0v) is 15.1. The maximum atomic E-state index is 12.1. The van der Waals surface area contributed by atoms with Crippen LogP contribution in [0.25, 0.3) is 6.08 Å². The van der Waals surface area contributed by atoms with E-state index in [1.54, 1.807) is 6.08 Å². The highest BCUT2D eigenvalue weighted by Gasteiger charge is 2.24. The van der Waals surface area contributed by atoms with Crippen molar-refractivity contribution in [3.05, 3.63) is 64.9 Å². The van der Waals surface area contributed by atoms with Crippen LogP contribution in [0.4, 0.5) is 0 Å². The fourth-order valence-electron chi connectivity index (χ4n) is 2.54. The van der Waals surface area contributed by atoms with Gasteiger partial charge in [0.25, 0.3) is 0 Å². The number of benzene rings is 2. The molecule has 0 spiro atoms. The van der Waals surface area contributed by atoms with E-state index in [0.717, 1.165) is 16.7 Å². The highest BCUT2D eigenvalue weighted by molar-refractivity contribution is 6.12. The van der Waals surface area contributed by atoms with Gasteiger partial charge in [-0.15, -0.1) is 0 Å². The van der Waals surface area contributed by atoms with E-state index in [-0.39, 0.29) is 5.70 Å². The largest absolute Gasteiger partial charge is 0.490 e. The Hall–Kier alpha value is -3.08. The second kappa shape index (κ2) is 7.87. The summed E-state index contributed by atoms with van der Waals surface area (Å²) in [7, 11) is 0. The fraction of sp³-hybridized carbons (Fsp3) is 0.238. The molecule has 1 aliphatic rings. The van der Waals surface area contributed by atoms with E-state index in [0.29, 0.717) is 30.6 Å². The van der Waals surface area contributed by atoms with E-state index >= 15 is 0 Å². The first kappa shape index (κ1) is 17.7. The fourth-order valence-corrected chi connectivity index (χ4v) is 2.54. The van der Waals surface area contributed by atoms with Crippen LogP contribution in [0.5, 0.6) is 11.5 Å². The Labute approximate surface area is 152 Å². The van der Waals surface area contributed by atoms with Gasteiger partial charge in [-0.1, -0.05) is 23.8 Å². The topological polar surface area (TPSA) is 57.1 Å². The lowest BCUT2D eigenvalue weighted by Crippen LogP contribution is -2.05. The molecule has 3 rings (SSSR count). The van der Waals surface area contributed by atoms with Crippen LogP contribution in [0.1, 0.15) is 30.5 Å². The number of rotatable bonds is 6. The van der Waals surface area contributed by atoms with Crippen molar-refractivity contribution in [3.8, 4) is 11.5 Å². The minimum Gasteiger partial charge on any atom is -0.490 e. The monoisotopic (exact) mass is 351 g/mol. The van der Waals surface area contributed by atoms with Gasteiger partial charge in [0.1, 0.15) is 0 Å². The van der Waals surface area contributed by atoms with E-state index in [4.69, 9.17) is 14.2 Å². The first-order valence-corrected chi connectivity index (χ1v) is 8.60. The Morgan fingerprint density at radius 3 is 2.38 bits per heavy atom. The van der Waals surface area contributed by atoms with E-state index in [1.165, 1.54) is 0 Å². The number of aliphatic imine (C=N–C) groups is 1. The Bertz CT molecular complexity index is 866. The van der Waals surface area contributed by atoms with Gasteiger partial charge in [-0.25, -0.2) is 9.79 Å². The van der Waals surface area contributed by atoms with Crippen molar-refractivity contribution in [2.75, 3.05) is 13.2 Å². The van der Waals surface area contributed by atoms with Crippen LogP contribution in [-0.4, -0.2) is 25.1 Å². The molecule has 1 heterocycles. The summed E-state index contributed by atoms with van der Waals surface area (Å²) < 4.78 is 16.5. The number of carbonyl (C=O) groups excluding carboxylic acids is 1. The Morgan fingerprint density at radius 2 is 1.69 bits per heavy atom. The summed E-state index contributed by atoms with van der Waals surface area (Å²) in [6, 6.07) is 13.2. The van der Waals surface area contributed by atoms with Crippen LogP contribution in [0.3, 0.4) is 0 Å². The van der Waals surface area contributed by atoms with Gasteiger partial charge in [0.15, 0.2) is 17.2 Å². The van der Waals surface area contributed by atoms with Gasteiger partial charge in [-0.05, 0) is 56.7 Å². The molecule has 26 heavy (non-hydrogen) atoms. The van der Waals surface area contributed by atoms with Gasteiger partial charge in [0, 0.05) is 5.56 Å². The number of carbonyl (C=O) groups is 1. The highest BCUT2D eigenvalue weighted by Crippen LogP contribution is 2.30. The van der Waals surface area contributed by atoms with Crippen molar-refractivity contribution in [1.29, 1.82) is 0 Å². The Balaban J connectivity index is 1.90. The summed E-state index contributed by atoms with van der Waals surface area (Å²) in [5.41, 5.74) is 2.95. The highest BCUT2D eigenvalue weighted by atomic mass is 16.6. The molecule has 2 aromatic rings. The van der Waals surface area contributed by atoms with Gasteiger partial charge in [0.05, 0.1) is 13.2 Å². The maximum absolute atomic E-state index is 12.1. The van der Waals surface area contributed by atoms with Gasteiger partial charge in [0.2, 0.25) is 5.90 Å². The third-order valence-corrected chi connectivity index (χ3v) is 3.79. The molecule has 0 saturated carbocycles. The van der Waals surface area contributed by atoms with Crippen LogP contribution >= 0.6 is 0 Å². The number of cyclic esters (lactones) is 1. The van der Waals surface area contributed by atoms with Crippen molar-refractivity contribution in [3.63, 3.8) is 0 Å². The molecular formula is C21H21NO4. The smallest absolute Gasteiger partial charge is 0.363 e. The maximum Gasteiger partial charge on any atom is 0.363 e. The lowest BCUT2D eigenvalue weighted by molar-refractivity contribution is -0.129. The summed E-state index contributed by atoms with van der Waals surface area (Å²) in [6.07, 6.45) is 1.68. The minimum absolute atomic E-state index is 0.257. The summed E-state index contributed by atoms with van der Waals surface area (Å²) in [5.74, 6) is 1.16. The molecular weight excluding hydrogens is 330 g/mol. The van der Waals surface area contributed by atoms with Crippen LogP contribution in [0.15, 0.2) is 53.2 Å². The standard InChI is InChI=1S/C21H21NO4/c1-4-24-18-11-8-15(13-19(18)25-5-2)12-17-21(23)26-20(22-17)16-9-6-14(3)7-10-16/h6-13H,4-5H2,1-3H3/b17-12-. The molecule has 0 unspecified atom stereocenters. The molecule has 134 valence electrons. The molecule has 0 aliphatic carbocycles. The lowest BCUT2D eigenvalue weighted by atomic mass is 10.1. The average molecular weight is 351 g/mol. The molecule has 0 atom stereocenters. The molecule has 1 aliphatic heterocycles. The van der Waals surface area contributed by atoms with Crippen LogP contribution < -0.4 is 9.47 Å². The van der Waals surface area contributed by atoms with E-state index in [9.17, 15) is 4.79 Å². The van der Waals surface area contributed by atoms with E-state index in [1.807, 2.05) is 63.2 Å². The number of aryl methyl sites for hydroxylation is 1. The average Bonchev–Trinajstić information content (AvgIpc) is 2.99. The summed E-state index contributed by atoms with van der Waals surface area (Å²) in [4.78, 5) is 16.5. The van der Waals surface area contributed by atoms with Crippen LogP contribution in [0.2, 0.25) is 0 Å². The lowest BCUT2D eigenvalue weighted by Gasteiger charge is -2.11. The summed E-state index contributed by atoms with van der Waals surface area (Å²) in [5, 5.41) is 0. The van der Waals surface area contributed by atoms with Gasteiger partial charge >= 0.3 is 5.97 Å². The predicted octanol–water partition coefficient (Wildman–Crippen LogP) is 4.14. The zero-order valence-electron chi connectivity index (χ0n) is 15.1. The quantitative estimate of drug-likeness (QED) is 0.580. The zero-order chi connectivity index (χ0) is 18.5. The molecule has 0 bridgehead atoms. The minimum atomic E-state index is -0.465. The summed E-state index contributed by atoms with van der Waals surface area (Å²) >= 11 is 0. The molecule has 0 saturated heterocycles. The molecule has 0 aromatic heterocycles. The third-order valence-electron chi connectivity index (χ3n) is 3.79. The van der Waals surface area contributed by atoms with Crippen LogP contribution in [0, 0.1) is 6.92 Å². The normalized spacial score (nSPS) is 15.0. The molecule has 5 heteroatoms. The van der Waals surface area contributed by atoms with Gasteiger partial charge < -0.3 is 14.2 Å². The van der Waals surface area contributed by atoms with Crippen LogP contribution in [-0.2, 0) is 9.53 Å². The molecule has 0 fully saturated rings. The van der Waals surface area contributed by atoms with Gasteiger partial charge in [-0.3, -0.25) is 0 Å². The van der Waals surface area contributed by atoms with Gasteiger partial charge in [-0.2, -0.15) is 0 Å². The number of hydrogen-bond donors (Lipinski definition) is 0. The second-order valence-electron chi connectivity index (χ2n) is 5.77. The number of hydrogen-bond acceptors (Lipinski definition) is 5. The first-order valence-electron chi connectivity index (χ1n) is 8.60. The second-order valence-corrected chi connectivity index (χ2v) is 5.77. The number of nitrogens with zero attached hydrogens (tertiary/aromatic N) is 1. The number of esters is 1. The van der Waals surface area contributed by atoms with Crippen molar-refractivity contribution < 1.29 is 19.0 Å². The Kier molecular flexibility index (Phi) is 5.37. The van der Waals surface area contributed by atoms with Crippen molar-refractivity contribution in [2.45, 2.75) is 20.8 Å². The SMILES string of the molecule is CCOc1ccc(/C=C2\N=C(c3ccc(C)cc3)OC2=O)cc1OCC.